The highest BCUT2D eigenvalue weighted by atomic mass is 16.5. The van der Waals surface area contributed by atoms with E-state index in [4.69, 9.17) is 9.47 Å². The third kappa shape index (κ3) is 3.62. The second kappa shape index (κ2) is 6.27. The normalized spacial score (nSPS) is 9.11. The van der Waals surface area contributed by atoms with Gasteiger partial charge in [0, 0.05) is 5.56 Å². The molecule has 0 heterocycles. The summed E-state index contributed by atoms with van der Waals surface area (Å²) in [7, 11) is 1.60. The molecule has 0 aliphatic heterocycles. The Morgan fingerprint density at radius 2 is 1.68 bits per heavy atom. The number of carbonyl (C=O) groups excluding carboxylic acids is 1. The van der Waals surface area contributed by atoms with Gasteiger partial charge in [0.05, 0.1) is 12.7 Å². The molecule has 0 aliphatic carbocycles. The number of carbonyl (C=O) groups is 1. The summed E-state index contributed by atoms with van der Waals surface area (Å²) in [4.78, 5) is 11.6. The predicted octanol–water partition coefficient (Wildman–Crippen LogP) is 2.86. The maximum absolute atomic E-state index is 11.6. The summed E-state index contributed by atoms with van der Waals surface area (Å²) in [5.74, 6) is 3.05. The molecule has 0 fully saturated rings. The number of esters is 1. The largest absolute Gasteiger partial charge is 0.497 e. The van der Waals surface area contributed by atoms with E-state index in [1.54, 1.807) is 55.6 Å². The van der Waals surface area contributed by atoms with Gasteiger partial charge in [-0.3, -0.25) is 0 Å². The molecule has 2 aromatic rings. The Morgan fingerprint density at radius 3 is 2.32 bits per heavy atom. The molecular formula is C16H12O3. The Kier molecular flexibility index (Phi) is 4.20. The second-order valence-corrected chi connectivity index (χ2v) is 3.71. The van der Waals surface area contributed by atoms with Gasteiger partial charge in [-0.1, -0.05) is 18.2 Å². The molecule has 0 N–H and O–H groups in total. The quantitative estimate of drug-likeness (QED) is 0.609. The number of methoxy groups -OCH3 is 1. The first-order valence-electron chi connectivity index (χ1n) is 5.71. The first-order chi connectivity index (χ1) is 9.29. The van der Waals surface area contributed by atoms with Crippen molar-refractivity contribution < 1.29 is 14.3 Å². The van der Waals surface area contributed by atoms with Crippen molar-refractivity contribution >= 4 is 5.97 Å². The van der Waals surface area contributed by atoms with Gasteiger partial charge in [-0.15, -0.1) is 0 Å². The lowest BCUT2D eigenvalue weighted by Gasteiger charge is -1.97. The van der Waals surface area contributed by atoms with E-state index >= 15 is 0 Å². The van der Waals surface area contributed by atoms with E-state index < -0.39 is 5.97 Å². The fourth-order valence-electron chi connectivity index (χ4n) is 1.44. The highest BCUT2D eigenvalue weighted by Crippen LogP contribution is 2.10. The van der Waals surface area contributed by atoms with Crippen molar-refractivity contribution in [1.82, 2.24) is 0 Å². The van der Waals surface area contributed by atoms with Crippen molar-refractivity contribution in [2.75, 3.05) is 7.11 Å². The Labute approximate surface area is 111 Å². The van der Waals surface area contributed by atoms with Gasteiger partial charge in [-0.2, -0.15) is 0 Å². The summed E-state index contributed by atoms with van der Waals surface area (Å²) in [6.07, 6.45) is 2.40. The topological polar surface area (TPSA) is 35.5 Å². The van der Waals surface area contributed by atoms with E-state index in [1.807, 2.05) is 6.07 Å². The van der Waals surface area contributed by atoms with Crippen molar-refractivity contribution in [3.8, 4) is 17.8 Å². The molecule has 3 heteroatoms. The molecule has 0 bridgehead atoms. The molecule has 0 aliphatic rings. The van der Waals surface area contributed by atoms with Crippen LogP contribution in [0, 0.1) is 12.0 Å². The summed E-state index contributed by atoms with van der Waals surface area (Å²) < 4.78 is 9.89. The van der Waals surface area contributed by atoms with Crippen molar-refractivity contribution in [2.45, 2.75) is 0 Å². The van der Waals surface area contributed by atoms with Gasteiger partial charge in [0.2, 0.25) is 0 Å². The van der Waals surface area contributed by atoms with Crippen molar-refractivity contribution in [1.29, 1.82) is 0 Å². The third-order valence-electron chi connectivity index (χ3n) is 2.44. The van der Waals surface area contributed by atoms with Crippen LogP contribution in [0.25, 0.3) is 0 Å². The molecule has 0 saturated heterocycles. The Morgan fingerprint density at radius 1 is 1.00 bits per heavy atom. The fourth-order valence-corrected chi connectivity index (χ4v) is 1.44. The number of hydrogen-bond donors (Lipinski definition) is 0. The van der Waals surface area contributed by atoms with Crippen LogP contribution in [0.1, 0.15) is 15.9 Å². The monoisotopic (exact) mass is 252 g/mol. The first-order valence-corrected chi connectivity index (χ1v) is 5.71. The smallest absolute Gasteiger partial charge is 0.352 e. The van der Waals surface area contributed by atoms with Gasteiger partial charge in [0.25, 0.3) is 0 Å². The Bertz CT molecular complexity index is 604. The van der Waals surface area contributed by atoms with Gasteiger partial charge in [-0.25, -0.2) is 4.79 Å². The van der Waals surface area contributed by atoms with Gasteiger partial charge >= 0.3 is 5.97 Å². The number of rotatable bonds is 2. The van der Waals surface area contributed by atoms with Crippen LogP contribution in [0.2, 0.25) is 0 Å². The molecule has 0 spiro atoms. The van der Waals surface area contributed by atoms with E-state index in [2.05, 4.69) is 12.0 Å². The van der Waals surface area contributed by atoms with E-state index in [0.717, 1.165) is 11.3 Å². The molecule has 0 unspecified atom stereocenters. The summed E-state index contributed by atoms with van der Waals surface area (Å²) in [6, 6.07) is 15.9. The molecular weight excluding hydrogens is 240 g/mol. The Hall–Kier alpha value is -2.73. The highest BCUT2D eigenvalue weighted by molar-refractivity contribution is 5.90. The van der Waals surface area contributed by atoms with Crippen LogP contribution in [0.5, 0.6) is 5.75 Å². The van der Waals surface area contributed by atoms with E-state index in [0.29, 0.717) is 5.56 Å². The van der Waals surface area contributed by atoms with Gasteiger partial charge in [-0.05, 0) is 42.3 Å². The standard InChI is InChI=1S/C16H12O3/c1-18-15-9-7-13(8-10-15)11-12-19-16(17)14-5-3-2-4-6-14/h2-10H,1H3. The SMILES string of the molecule is COc1ccc(C#COC(=O)c2ccccc2)cc1. The molecule has 0 saturated carbocycles. The van der Waals surface area contributed by atoms with Crippen molar-refractivity contribution in [3.05, 3.63) is 65.7 Å². The van der Waals surface area contributed by atoms with Gasteiger partial charge in [0.1, 0.15) is 11.9 Å². The maximum Gasteiger partial charge on any atom is 0.352 e. The van der Waals surface area contributed by atoms with E-state index in [1.165, 1.54) is 0 Å². The number of ether oxygens (including phenoxy) is 2. The molecule has 0 radical (unpaired) electrons. The van der Waals surface area contributed by atoms with Crippen LogP contribution in [0.3, 0.4) is 0 Å². The summed E-state index contributed by atoms with van der Waals surface area (Å²) in [6.45, 7) is 0. The van der Waals surface area contributed by atoms with Gasteiger partial charge < -0.3 is 9.47 Å². The molecule has 0 amide bonds. The van der Waals surface area contributed by atoms with E-state index in [9.17, 15) is 4.79 Å². The zero-order chi connectivity index (χ0) is 13.5. The zero-order valence-corrected chi connectivity index (χ0v) is 10.4. The molecule has 2 rings (SSSR count). The molecule has 19 heavy (non-hydrogen) atoms. The average Bonchev–Trinajstić information content (AvgIpc) is 2.49. The molecule has 0 atom stereocenters. The summed E-state index contributed by atoms with van der Waals surface area (Å²) >= 11 is 0. The second-order valence-electron chi connectivity index (χ2n) is 3.71. The third-order valence-corrected chi connectivity index (χ3v) is 2.44. The lowest BCUT2D eigenvalue weighted by atomic mass is 10.2. The minimum absolute atomic E-state index is 0.457. The minimum Gasteiger partial charge on any atom is -0.497 e. The summed E-state index contributed by atoms with van der Waals surface area (Å²) in [5.41, 5.74) is 1.23. The fraction of sp³-hybridized carbons (Fsp3) is 0.0625. The number of hydrogen-bond acceptors (Lipinski definition) is 3. The van der Waals surface area contributed by atoms with Crippen molar-refractivity contribution in [3.63, 3.8) is 0 Å². The summed E-state index contributed by atoms with van der Waals surface area (Å²) in [5, 5.41) is 0. The lowest BCUT2D eigenvalue weighted by molar-refractivity contribution is 0.0690. The minimum atomic E-state index is -0.457. The first kappa shape index (κ1) is 12.7. The lowest BCUT2D eigenvalue weighted by Crippen LogP contribution is -1.99. The van der Waals surface area contributed by atoms with Crippen LogP contribution >= 0.6 is 0 Å². The molecule has 94 valence electrons. The Balaban J connectivity index is 1.99. The van der Waals surface area contributed by atoms with Crippen LogP contribution in [-0.2, 0) is 4.74 Å². The van der Waals surface area contributed by atoms with Crippen LogP contribution in [-0.4, -0.2) is 13.1 Å². The van der Waals surface area contributed by atoms with Crippen LogP contribution in [0.4, 0.5) is 0 Å². The molecule has 2 aromatic carbocycles. The maximum atomic E-state index is 11.6. The number of benzene rings is 2. The van der Waals surface area contributed by atoms with Gasteiger partial charge in [0.15, 0.2) is 0 Å². The predicted molar refractivity (Wildman–Crippen MR) is 71.7 cm³/mol. The van der Waals surface area contributed by atoms with Crippen molar-refractivity contribution in [2.24, 2.45) is 0 Å². The highest BCUT2D eigenvalue weighted by Gasteiger charge is 2.03. The molecule has 0 aromatic heterocycles. The van der Waals surface area contributed by atoms with Crippen LogP contribution < -0.4 is 4.74 Å². The van der Waals surface area contributed by atoms with E-state index in [-0.39, 0.29) is 0 Å². The average molecular weight is 252 g/mol. The zero-order valence-electron chi connectivity index (χ0n) is 10.4. The molecule has 3 nitrogen and oxygen atoms in total. The van der Waals surface area contributed by atoms with Crippen LogP contribution in [0.15, 0.2) is 54.6 Å².